The van der Waals surface area contributed by atoms with Crippen LogP contribution in [0.4, 0.5) is 8.78 Å². The van der Waals surface area contributed by atoms with Crippen LogP contribution in [0.1, 0.15) is 12.2 Å². The van der Waals surface area contributed by atoms with Crippen molar-refractivity contribution < 1.29 is 8.78 Å². The van der Waals surface area contributed by atoms with Gasteiger partial charge in [0.1, 0.15) is 5.03 Å². The number of benzene rings is 1. The monoisotopic (exact) mass is 346 g/mol. The molecule has 0 saturated heterocycles. The van der Waals surface area contributed by atoms with E-state index in [1.54, 1.807) is 30.3 Å². The van der Waals surface area contributed by atoms with E-state index in [0.29, 0.717) is 20.0 Å². The molecule has 2 heterocycles. The molecule has 21 heavy (non-hydrogen) atoms. The summed E-state index contributed by atoms with van der Waals surface area (Å²) in [5, 5.41) is 12.5. The second-order valence-corrected chi connectivity index (χ2v) is 5.80. The largest absolute Gasteiger partial charge is 0.299 e. The van der Waals surface area contributed by atoms with Gasteiger partial charge in [-0.3, -0.25) is 0 Å². The molecule has 0 unspecified atom stereocenters. The van der Waals surface area contributed by atoms with Crippen LogP contribution in [0, 0.1) is 0 Å². The van der Waals surface area contributed by atoms with Crippen LogP contribution in [0.3, 0.4) is 0 Å². The van der Waals surface area contributed by atoms with Gasteiger partial charge in [-0.1, -0.05) is 41.0 Å². The summed E-state index contributed by atoms with van der Waals surface area (Å²) in [4.78, 5) is 0.611. The SMILES string of the molecule is FC(F)c1nnc2ccc(Sc3c(Cl)cccc3Cl)nn12. The van der Waals surface area contributed by atoms with Crippen molar-refractivity contribution in [1.82, 2.24) is 19.8 Å². The number of aromatic nitrogens is 4. The van der Waals surface area contributed by atoms with Crippen LogP contribution in [-0.2, 0) is 0 Å². The molecule has 0 saturated carbocycles. The topological polar surface area (TPSA) is 43.1 Å². The molecule has 1 aromatic carbocycles. The number of alkyl halides is 2. The molecule has 0 fully saturated rings. The molecule has 0 N–H and O–H groups in total. The van der Waals surface area contributed by atoms with Crippen molar-refractivity contribution in [1.29, 1.82) is 0 Å². The van der Waals surface area contributed by atoms with Crippen LogP contribution in [0.5, 0.6) is 0 Å². The predicted octanol–water partition coefficient (Wildman–Crippen LogP) is 4.52. The first-order valence-electron chi connectivity index (χ1n) is 5.68. The lowest BCUT2D eigenvalue weighted by Gasteiger charge is -2.06. The van der Waals surface area contributed by atoms with E-state index in [0.717, 1.165) is 4.52 Å². The summed E-state index contributed by atoms with van der Waals surface area (Å²) in [6.07, 6.45) is -2.75. The van der Waals surface area contributed by atoms with Gasteiger partial charge in [-0.25, -0.2) is 8.78 Å². The van der Waals surface area contributed by atoms with Crippen LogP contribution in [-0.4, -0.2) is 19.8 Å². The fraction of sp³-hybridized carbons (Fsp3) is 0.0833. The number of fused-ring (bicyclic) bond motifs is 1. The molecule has 0 aliphatic carbocycles. The maximum absolute atomic E-state index is 12.8. The van der Waals surface area contributed by atoms with Crippen LogP contribution in [0.15, 0.2) is 40.3 Å². The maximum Gasteiger partial charge on any atom is 0.299 e. The van der Waals surface area contributed by atoms with Crippen LogP contribution in [0.25, 0.3) is 5.65 Å². The summed E-state index contributed by atoms with van der Waals surface area (Å²) in [6.45, 7) is 0. The molecule has 0 atom stereocenters. The van der Waals surface area contributed by atoms with E-state index < -0.39 is 12.2 Å². The van der Waals surface area contributed by atoms with Crippen molar-refractivity contribution in [3.8, 4) is 0 Å². The highest BCUT2D eigenvalue weighted by molar-refractivity contribution is 7.99. The van der Waals surface area contributed by atoms with E-state index in [2.05, 4.69) is 15.3 Å². The first kappa shape index (κ1) is 14.5. The van der Waals surface area contributed by atoms with Crippen molar-refractivity contribution in [2.45, 2.75) is 16.3 Å². The summed E-state index contributed by atoms with van der Waals surface area (Å²) in [5.74, 6) is -0.502. The Morgan fingerprint density at radius 3 is 2.43 bits per heavy atom. The Labute approximate surface area is 132 Å². The lowest BCUT2D eigenvalue weighted by Crippen LogP contribution is -2.00. The molecule has 0 amide bonds. The van der Waals surface area contributed by atoms with Crippen LogP contribution >= 0.6 is 35.0 Å². The molecule has 2 aromatic heterocycles. The predicted molar refractivity (Wildman–Crippen MR) is 76.3 cm³/mol. The first-order chi connectivity index (χ1) is 10.1. The van der Waals surface area contributed by atoms with Gasteiger partial charge in [0.25, 0.3) is 6.43 Å². The van der Waals surface area contributed by atoms with Gasteiger partial charge >= 0.3 is 0 Å². The van der Waals surface area contributed by atoms with E-state index >= 15 is 0 Å². The number of hydrogen-bond donors (Lipinski definition) is 0. The van der Waals surface area contributed by atoms with Crippen molar-refractivity contribution in [2.24, 2.45) is 0 Å². The van der Waals surface area contributed by atoms with Crippen LogP contribution < -0.4 is 0 Å². The summed E-state index contributed by atoms with van der Waals surface area (Å²) >= 11 is 13.3. The third kappa shape index (κ3) is 2.81. The average Bonchev–Trinajstić information content (AvgIpc) is 2.86. The van der Waals surface area contributed by atoms with E-state index in [9.17, 15) is 8.78 Å². The maximum atomic E-state index is 12.8. The fourth-order valence-electron chi connectivity index (χ4n) is 1.66. The van der Waals surface area contributed by atoms with Gasteiger partial charge in [-0.15, -0.1) is 10.2 Å². The highest BCUT2D eigenvalue weighted by Gasteiger charge is 2.17. The summed E-state index contributed by atoms with van der Waals surface area (Å²) in [7, 11) is 0. The van der Waals surface area contributed by atoms with Gasteiger partial charge in [-0.2, -0.15) is 9.61 Å². The summed E-state index contributed by atoms with van der Waals surface area (Å²) in [5.41, 5.74) is 0.250. The van der Waals surface area contributed by atoms with E-state index in [1.807, 2.05) is 0 Å². The summed E-state index contributed by atoms with van der Waals surface area (Å²) in [6, 6.07) is 8.30. The Morgan fingerprint density at radius 1 is 1.05 bits per heavy atom. The zero-order valence-electron chi connectivity index (χ0n) is 10.2. The molecule has 3 aromatic rings. The molecule has 9 heteroatoms. The lowest BCUT2D eigenvalue weighted by atomic mass is 10.4. The molecule has 0 radical (unpaired) electrons. The standard InChI is InChI=1S/C12H6Cl2F2N4S/c13-6-2-1-3-7(14)10(6)21-9-5-4-8-17-18-12(11(15)16)20(8)19-9/h1-5,11H. The van der Waals surface area contributed by atoms with E-state index in [4.69, 9.17) is 23.2 Å². The van der Waals surface area contributed by atoms with Crippen molar-refractivity contribution in [2.75, 3.05) is 0 Å². The Bertz CT molecular complexity index is 789. The minimum absolute atomic E-state index is 0.250. The number of hydrogen-bond acceptors (Lipinski definition) is 4. The Morgan fingerprint density at radius 2 is 1.76 bits per heavy atom. The highest BCUT2D eigenvalue weighted by Crippen LogP contribution is 2.37. The van der Waals surface area contributed by atoms with Gasteiger partial charge in [0.05, 0.1) is 14.9 Å². The van der Waals surface area contributed by atoms with Gasteiger partial charge in [0.15, 0.2) is 5.65 Å². The second kappa shape index (κ2) is 5.75. The zero-order valence-corrected chi connectivity index (χ0v) is 12.5. The first-order valence-corrected chi connectivity index (χ1v) is 7.26. The third-order valence-corrected chi connectivity index (χ3v) is 4.51. The molecule has 3 rings (SSSR count). The molecule has 0 aliphatic rings. The highest BCUT2D eigenvalue weighted by atomic mass is 35.5. The summed E-state index contributed by atoms with van der Waals surface area (Å²) < 4.78 is 26.6. The molecule has 0 spiro atoms. The Balaban J connectivity index is 2.03. The zero-order chi connectivity index (χ0) is 15.0. The fourth-order valence-corrected chi connectivity index (χ4v) is 3.09. The Hall–Kier alpha value is -1.44. The third-order valence-electron chi connectivity index (χ3n) is 2.58. The number of halogens is 4. The van der Waals surface area contributed by atoms with Crippen molar-refractivity contribution in [3.63, 3.8) is 0 Å². The molecular weight excluding hydrogens is 341 g/mol. The normalized spacial score (nSPS) is 11.5. The minimum atomic E-state index is -2.75. The molecule has 0 aliphatic heterocycles. The average molecular weight is 347 g/mol. The van der Waals surface area contributed by atoms with Crippen molar-refractivity contribution in [3.05, 3.63) is 46.2 Å². The molecule has 0 bridgehead atoms. The molecule has 108 valence electrons. The van der Waals surface area contributed by atoms with Gasteiger partial charge < -0.3 is 0 Å². The molecular formula is C12H6Cl2F2N4S. The van der Waals surface area contributed by atoms with Crippen LogP contribution in [0.2, 0.25) is 10.0 Å². The van der Waals surface area contributed by atoms with Gasteiger partial charge in [0, 0.05) is 0 Å². The van der Waals surface area contributed by atoms with E-state index in [1.165, 1.54) is 11.8 Å². The van der Waals surface area contributed by atoms with Gasteiger partial charge in [-0.05, 0) is 24.3 Å². The molecule has 4 nitrogen and oxygen atoms in total. The second-order valence-electron chi connectivity index (χ2n) is 3.95. The Kier molecular flexibility index (Phi) is 3.97. The lowest BCUT2D eigenvalue weighted by molar-refractivity contribution is 0.137. The smallest absolute Gasteiger partial charge is 0.201 e. The minimum Gasteiger partial charge on any atom is -0.201 e. The van der Waals surface area contributed by atoms with Crippen molar-refractivity contribution >= 4 is 40.6 Å². The van der Waals surface area contributed by atoms with Gasteiger partial charge in [0.2, 0.25) is 5.82 Å². The van der Waals surface area contributed by atoms with E-state index in [-0.39, 0.29) is 5.65 Å². The number of nitrogens with zero attached hydrogens (tertiary/aromatic N) is 4. The quantitative estimate of drug-likeness (QED) is 0.699. The number of rotatable bonds is 3.